The van der Waals surface area contributed by atoms with E-state index in [2.05, 4.69) is 36.9 Å². The van der Waals surface area contributed by atoms with Gasteiger partial charge in [0.15, 0.2) is 0 Å². The molecule has 1 aliphatic heterocycles. The molecule has 0 amide bonds. The zero-order valence-electron chi connectivity index (χ0n) is 11.7. The Morgan fingerprint density at radius 2 is 1.58 bits per heavy atom. The van der Waals surface area contributed by atoms with Gasteiger partial charge in [0, 0.05) is 32.7 Å². The van der Waals surface area contributed by atoms with E-state index < -0.39 is 5.97 Å². The summed E-state index contributed by atoms with van der Waals surface area (Å²) < 4.78 is 0. The van der Waals surface area contributed by atoms with Crippen LogP contribution in [-0.2, 0) is 11.3 Å². The molecular formula is C15H22N2O2. The molecule has 0 saturated carbocycles. The van der Waals surface area contributed by atoms with E-state index in [4.69, 9.17) is 5.11 Å². The summed E-state index contributed by atoms with van der Waals surface area (Å²) in [6, 6.07) is 6.65. The number of aryl methyl sites for hydroxylation is 2. The Labute approximate surface area is 114 Å². The SMILES string of the molecule is Cc1cc(C)cc(CN2CCN(CC(=O)O)CC2)c1. The third-order valence-corrected chi connectivity index (χ3v) is 3.51. The second-order valence-electron chi connectivity index (χ2n) is 5.44. The van der Waals surface area contributed by atoms with E-state index in [1.54, 1.807) is 0 Å². The van der Waals surface area contributed by atoms with E-state index in [0.717, 1.165) is 32.7 Å². The first-order chi connectivity index (χ1) is 9.02. The molecule has 0 atom stereocenters. The van der Waals surface area contributed by atoms with E-state index in [9.17, 15) is 4.79 Å². The fourth-order valence-electron chi connectivity index (χ4n) is 2.72. The molecule has 0 spiro atoms. The lowest BCUT2D eigenvalue weighted by atomic mass is 10.1. The Bertz CT molecular complexity index is 431. The molecule has 1 aromatic carbocycles. The highest BCUT2D eigenvalue weighted by atomic mass is 16.4. The van der Waals surface area contributed by atoms with Crippen LogP contribution in [0.2, 0.25) is 0 Å². The largest absolute Gasteiger partial charge is 0.480 e. The Morgan fingerprint density at radius 3 is 2.11 bits per heavy atom. The molecule has 0 aliphatic carbocycles. The topological polar surface area (TPSA) is 43.8 Å². The molecule has 0 aromatic heterocycles. The molecule has 1 fully saturated rings. The number of hydrogen-bond acceptors (Lipinski definition) is 3. The highest BCUT2D eigenvalue weighted by molar-refractivity contribution is 5.69. The average Bonchev–Trinajstić information content (AvgIpc) is 2.29. The Hall–Kier alpha value is -1.39. The predicted molar refractivity (Wildman–Crippen MR) is 75.3 cm³/mol. The third kappa shape index (κ3) is 4.33. The number of benzene rings is 1. The van der Waals surface area contributed by atoms with Crippen molar-refractivity contribution in [2.45, 2.75) is 20.4 Å². The number of nitrogens with zero attached hydrogens (tertiary/aromatic N) is 2. The first-order valence-corrected chi connectivity index (χ1v) is 6.76. The van der Waals surface area contributed by atoms with Crippen LogP contribution in [0.1, 0.15) is 16.7 Å². The quantitative estimate of drug-likeness (QED) is 0.893. The lowest BCUT2D eigenvalue weighted by molar-refractivity contribution is -0.138. The number of hydrogen-bond donors (Lipinski definition) is 1. The molecule has 1 aromatic rings. The summed E-state index contributed by atoms with van der Waals surface area (Å²) in [4.78, 5) is 15.1. The lowest BCUT2D eigenvalue weighted by Crippen LogP contribution is -2.47. The van der Waals surface area contributed by atoms with Crippen molar-refractivity contribution in [1.29, 1.82) is 0 Å². The lowest BCUT2D eigenvalue weighted by Gasteiger charge is -2.33. The van der Waals surface area contributed by atoms with Crippen LogP contribution in [-0.4, -0.2) is 53.6 Å². The number of piperazine rings is 1. The number of rotatable bonds is 4. The summed E-state index contributed by atoms with van der Waals surface area (Å²) >= 11 is 0. The van der Waals surface area contributed by atoms with Gasteiger partial charge in [-0.05, 0) is 19.4 Å². The molecule has 1 aliphatic rings. The minimum atomic E-state index is -0.734. The minimum absolute atomic E-state index is 0.164. The summed E-state index contributed by atoms with van der Waals surface area (Å²) in [6.07, 6.45) is 0. The van der Waals surface area contributed by atoms with Crippen LogP contribution in [0.4, 0.5) is 0 Å². The molecule has 104 valence electrons. The van der Waals surface area contributed by atoms with Crippen LogP contribution in [0.25, 0.3) is 0 Å². The third-order valence-electron chi connectivity index (χ3n) is 3.51. The second-order valence-corrected chi connectivity index (χ2v) is 5.44. The van der Waals surface area contributed by atoms with Gasteiger partial charge >= 0.3 is 5.97 Å². The van der Waals surface area contributed by atoms with E-state index in [0.29, 0.717) is 0 Å². The van der Waals surface area contributed by atoms with Gasteiger partial charge in [0.05, 0.1) is 6.54 Å². The molecule has 0 radical (unpaired) electrons. The van der Waals surface area contributed by atoms with Gasteiger partial charge in [-0.1, -0.05) is 29.3 Å². The molecule has 1 saturated heterocycles. The van der Waals surface area contributed by atoms with Crippen molar-refractivity contribution in [1.82, 2.24) is 9.80 Å². The molecule has 4 nitrogen and oxygen atoms in total. The number of carbonyl (C=O) groups is 1. The Balaban J connectivity index is 1.86. The normalized spacial score (nSPS) is 17.6. The van der Waals surface area contributed by atoms with Crippen molar-refractivity contribution in [2.24, 2.45) is 0 Å². The number of aliphatic carboxylic acids is 1. The van der Waals surface area contributed by atoms with Crippen LogP contribution in [0.3, 0.4) is 0 Å². The van der Waals surface area contributed by atoms with Gasteiger partial charge in [0.2, 0.25) is 0 Å². The van der Waals surface area contributed by atoms with Crippen molar-refractivity contribution in [3.05, 3.63) is 34.9 Å². The first-order valence-electron chi connectivity index (χ1n) is 6.76. The summed E-state index contributed by atoms with van der Waals surface area (Å²) in [5.74, 6) is -0.734. The first kappa shape index (κ1) is 14.0. The van der Waals surface area contributed by atoms with Crippen molar-refractivity contribution in [2.75, 3.05) is 32.7 Å². The number of carboxylic acid groups (broad SMARTS) is 1. The summed E-state index contributed by atoms with van der Waals surface area (Å²) in [5.41, 5.74) is 3.96. The van der Waals surface area contributed by atoms with E-state index in [-0.39, 0.29) is 6.54 Å². The smallest absolute Gasteiger partial charge is 0.317 e. The van der Waals surface area contributed by atoms with Crippen LogP contribution < -0.4 is 0 Å². The maximum absolute atomic E-state index is 10.7. The zero-order valence-corrected chi connectivity index (χ0v) is 11.7. The highest BCUT2D eigenvalue weighted by Crippen LogP contribution is 2.13. The summed E-state index contributed by atoms with van der Waals surface area (Å²) in [6.45, 7) is 8.96. The fourth-order valence-corrected chi connectivity index (χ4v) is 2.72. The van der Waals surface area contributed by atoms with Gasteiger partial charge < -0.3 is 5.11 Å². The van der Waals surface area contributed by atoms with E-state index >= 15 is 0 Å². The molecule has 4 heteroatoms. The van der Waals surface area contributed by atoms with Crippen LogP contribution >= 0.6 is 0 Å². The molecule has 1 heterocycles. The van der Waals surface area contributed by atoms with Crippen LogP contribution in [0.15, 0.2) is 18.2 Å². The molecule has 1 N–H and O–H groups in total. The number of carboxylic acids is 1. The molecule has 19 heavy (non-hydrogen) atoms. The van der Waals surface area contributed by atoms with Crippen molar-refractivity contribution >= 4 is 5.97 Å². The summed E-state index contributed by atoms with van der Waals surface area (Å²) in [7, 11) is 0. The maximum Gasteiger partial charge on any atom is 0.317 e. The Morgan fingerprint density at radius 1 is 1.05 bits per heavy atom. The Kier molecular flexibility index (Phi) is 4.56. The van der Waals surface area contributed by atoms with Gasteiger partial charge in [0.25, 0.3) is 0 Å². The predicted octanol–water partition coefficient (Wildman–Crippen LogP) is 1.51. The molecule has 0 unspecified atom stereocenters. The fraction of sp³-hybridized carbons (Fsp3) is 0.533. The zero-order chi connectivity index (χ0) is 13.8. The highest BCUT2D eigenvalue weighted by Gasteiger charge is 2.18. The monoisotopic (exact) mass is 262 g/mol. The van der Waals surface area contributed by atoms with Gasteiger partial charge in [-0.15, -0.1) is 0 Å². The molecule has 0 bridgehead atoms. The van der Waals surface area contributed by atoms with Crippen LogP contribution in [0.5, 0.6) is 0 Å². The second kappa shape index (κ2) is 6.17. The van der Waals surface area contributed by atoms with Crippen molar-refractivity contribution in [3.63, 3.8) is 0 Å². The van der Waals surface area contributed by atoms with Gasteiger partial charge in [0.1, 0.15) is 0 Å². The minimum Gasteiger partial charge on any atom is -0.480 e. The van der Waals surface area contributed by atoms with Crippen molar-refractivity contribution < 1.29 is 9.90 Å². The van der Waals surface area contributed by atoms with Crippen molar-refractivity contribution in [3.8, 4) is 0 Å². The van der Waals surface area contributed by atoms with Crippen LogP contribution in [0, 0.1) is 13.8 Å². The van der Waals surface area contributed by atoms with E-state index in [1.807, 2.05) is 4.90 Å². The van der Waals surface area contributed by atoms with E-state index in [1.165, 1.54) is 16.7 Å². The maximum atomic E-state index is 10.7. The standard InChI is InChI=1S/C15H22N2O2/c1-12-7-13(2)9-14(8-12)10-16-3-5-17(6-4-16)11-15(18)19/h7-9H,3-6,10-11H2,1-2H3,(H,18,19). The van der Waals surface area contributed by atoms with Gasteiger partial charge in [-0.2, -0.15) is 0 Å². The molecule has 2 rings (SSSR count). The van der Waals surface area contributed by atoms with Gasteiger partial charge in [-0.25, -0.2) is 0 Å². The summed E-state index contributed by atoms with van der Waals surface area (Å²) in [5, 5.41) is 8.77. The van der Waals surface area contributed by atoms with Gasteiger partial charge in [-0.3, -0.25) is 14.6 Å². The molecular weight excluding hydrogens is 240 g/mol. The average molecular weight is 262 g/mol.